The van der Waals surface area contributed by atoms with Gasteiger partial charge in [0.15, 0.2) is 0 Å². The molecule has 0 amide bonds. The van der Waals surface area contributed by atoms with Gasteiger partial charge in [0.1, 0.15) is 18.2 Å². The maximum absolute atomic E-state index is 13.2. The maximum atomic E-state index is 13.2. The normalized spacial score (nSPS) is 15.1. The molecule has 0 saturated carbocycles. The molecule has 1 aliphatic heterocycles. The number of benzene rings is 2. The van der Waals surface area contributed by atoms with Crippen LogP contribution in [0.2, 0.25) is 0 Å². The van der Waals surface area contributed by atoms with Crippen LogP contribution in [0.3, 0.4) is 0 Å². The number of nitrogens with one attached hydrogen (secondary N) is 1. The molecule has 142 valence electrons. The van der Waals surface area contributed by atoms with Gasteiger partial charge in [-0.2, -0.15) is 0 Å². The number of halogens is 1. The Bertz CT molecular complexity index is 719. The van der Waals surface area contributed by atoms with Crippen molar-refractivity contribution in [1.29, 1.82) is 0 Å². The summed E-state index contributed by atoms with van der Waals surface area (Å²) in [5.74, 6) is 0.0923. The largest absolute Gasteiger partial charge is 0.491 e. The summed E-state index contributed by atoms with van der Waals surface area (Å²) in [4.78, 5) is 0.920. The fraction of sp³-hybridized carbons (Fsp3) is 0.400. The van der Waals surface area contributed by atoms with Gasteiger partial charge in [0, 0.05) is 9.79 Å². The number of hydrogen-bond donors (Lipinski definition) is 2. The number of rotatable bonds is 5. The minimum atomic E-state index is -1.47. The van der Waals surface area contributed by atoms with Crippen molar-refractivity contribution in [2.24, 2.45) is 0 Å². The first-order valence-electron chi connectivity index (χ1n) is 8.68. The summed E-state index contributed by atoms with van der Waals surface area (Å²) in [7, 11) is -1.47. The van der Waals surface area contributed by atoms with E-state index in [0.29, 0.717) is 15.5 Å². The Labute approximate surface area is 156 Å². The highest BCUT2D eigenvalue weighted by Crippen LogP contribution is 2.22. The van der Waals surface area contributed by atoms with Crippen LogP contribution < -0.4 is 10.1 Å². The van der Waals surface area contributed by atoms with Crippen molar-refractivity contribution in [2.75, 3.05) is 19.7 Å². The van der Waals surface area contributed by atoms with E-state index in [9.17, 15) is 13.7 Å². The second-order valence-electron chi connectivity index (χ2n) is 6.76. The van der Waals surface area contributed by atoms with Crippen LogP contribution in [0.4, 0.5) is 4.39 Å². The average molecular weight is 379 g/mol. The summed E-state index contributed by atoms with van der Waals surface area (Å²) in [6.45, 7) is 5.91. The van der Waals surface area contributed by atoms with E-state index in [-0.39, 0.29) is 6.61 Å². The fourth-order valence-electron chi connectivity index (χ4n) is 2.28. The Morgan fingerprint density at radius 1 is 1.12 bits per heavy atom. The van der Waals surface area contributed by atoms with Crippen LogP contribution in [-0.2, 0) is 10.8 Å². The Balaban J connectivity index is 0.000000417. The SMILES string of the molecule is C1CCNC1.CC(C)(O)COc1cccc(S(=O)c2cccc(F)c2)c1. The average Bonchev–Trinajstić information content (AvgIpc) is 3.19. The first kappa shape index (κ1) is 20.6. The van der Waals surface area contributed by atoms with E-state index in [1.165, 1.54) is 44.1 Å². The van der Waals surface area contributed by atoms with Gasteiger partial charge in [-0.05, 0) is 76.2 Å². The van der Waals surface area contributed by atoms with Crippen molar-refractivity contribution in [3.8, 4) is 5.75 Å². The molecule has 3 rings (SSSR count). The van der Waals surface area contributed by atoms with Crippen molar-refractivity contribution in [3.63, 3.8) is 0 Å². The highest BCUT2D eigenvalue weighted by molar-refractivity contribution is 7.85. The molecule has 1 unspecified atom stereocenters. The topological polar surface area (TPSA) is 58.6 Å². The Hall–Kier alpha value is -1.76. The highest BCUT2D eigenvalue weighted by Gasteiger charge is 2.14. The molecule has 0 aliphatic carbocycles. The van der Waals surface area contributed by atoms with Gasteiger partial charge < -0.3 is 15.2 Å². The Morgan fingerprint density at radius 3 is 2.27 bits per heavy atom. The minimum absolute atomic E-state index is 0.128. The van der Waals surface area contributed by atoms with Crippen LogP contribution >= 0.6 is 0 Å². The van der Waals surface area contributed by atoms with Crippen LogP contribution in [0.25, 0.3) is 0 Å². The van der Waals surface area contributed by atoms with E-state index >= 15 is 0 Å². The van der Waals surface area contributed by atoms with E-state index in [1.54, 1.807) is 44.2 Å². The molecule has 2 aromatic carbocycles. The van der Waals surface area contributed by atoms with E-state index in [0.717, 1.165) is 0 Å². The summed E-state index contributed by atoms with van der Waals surface area (Å²) < 4.78 is 31.0. The molecule has 1 fully saturated rings. The van der Waals surface area contributed by atoms with Crippen LogP contribution in [0.1, 0.15) is 26.7 Å². The zero-order valence-corrected chi connectivity index (χ0v) is 16.0. The number of ether oxygens (including phenoxy) is 1. The van der Waals surface area contributed by atoms with Gasteiger partial charge >= 0.3 is 0 Å². The molecule has 6 heteroatoms. The number of aliphatic hydroxyl groups is 1. The van der Waals surface area contributed by atoms with Crippen molar-refractivity contribution in [2.45, 2.75) is 42.1 Å². The van der Waals surface area contributed by atoms with E-state index in [4.69, 9.17) is 4.74 Å². The fourth-order valence-corrected chi connectivity index (χ4v) is 3.40. The lowest BCUT2D eigenvalue weighted by atomic mass is 10.2. The summed E-state index contributed by atoms with van der Waals surface area (Å²) in [5, 5.41) is 12.9. The van der Waals surface area contributed by atoms with Gasteiger partial charge in [0.2, 0.25) is 0 Å². The monoisotopic (exact) mass is 379 g/mol. The van der Waals surface area contributed by atoms with Crippen LogP contribution in [0.5, 0.6) is 5.75 Å². The zero-order chi connectivity index (χ0) is 19.0. The van der Waals surface area contributed by atoms with Gasteiger partial charge in [0.05, 0.1) is 16.4 Å². The third-order valence-electron chi connectivity index (χ3n) is 3.58. The van der Waals surface area contributed by atoms with Crippen molar-refractivity contribution in [3.05, 3.63) is 54.3 Å². The second-order valence-corrected chi connectivity index (χ2v) is 8.24. The predicted molar refractivity (Wildman–Crippen MR) is 101 cm³/mol. The summed E-state index contributed by atoms with van der Waals surface area (Å²) in [5.41, 5.74) is -0.947. The molecule has 4 nitrogen and oxygen atoms in total. The molecule has 2 aromatic rings. The third kappa shape index (κ3) is 7.23. The standard InChI is InChI=1S/C16H17FO3S.C4H9N/c1-16(2,18)11-20-13-6-4-8-15(10-13)21(19)14-7-3-5-12(17)9-14;1-2-4-5-3-1/h3-10,18H,11H2,1-2H3;5H,1-4H2. The van der Waals surface area contributed by atoms with Crippen LogP contribution in [0.15, 0.2) is 58.3 Å². The molecule has 1 saturated heterocycles. The smallest absolute Gasteiger partial charge is 0.124 e. The van der Waals surface area contributed by atoms with Gasteiger partial charge in [0.25, 0.3) is 0 Å². The lowest BCUT2D eigenvalue weighted by molar-refractivity contribution is 0.0284. The zero-order valence-electron chi connectivity index (χ0n) is 15.2. The van der Waals surface area contributed by atoms with E-state index in [2.05, 4.69) is 5.32 Å². The van der Waals surface area contributed by atoms with Crippen LogP contribution in [0, 0.1) is 5.82 Å². The maximum Gasteiger partial charge on any atom is 0.124 e. The molecule has 1 heterocycles. The Kier molecular flexibility index (Phi) is 7.75. The predicted octanol–water partition coefficient (Wildman–Crippen LogP) is 3.51. The summed E-state index contributed by atoms with van der Waals surface area (Å²) in [6, 6.07) is 12.5. The van der Waals surface area contributed by atoms with Crippen molar-refractivity contribution in [1.82, 2.24) is 5.32 Å². The molecule has 1 atom stereocenters. The molecular weight excluding hydrogens is 353 g/mol. The minimum Gasteiger partial charge on any atom is -0.491 e. The van der Waals surface area contributed by atoms with Gasteiger partial charge in [-0.15, -0.1) is 0 Å². The molecule has 26 heavy (non-hydrogen) atoms. The third-order valence-corrected chi connectivity index (χ3v) is 4.94. The summed E-state index contributed by atoms with van der Waals surface area (Å²) >= 11 is 0. The lowest BCUT2D eigenvalue weighted by Crippen LogP contribution is -2.27. The highest BCUT2D eigenvalue weighted by atomic mass is 32.2. The van der Waals surface area contributed by atoms with E-state index in [1.807, 2.05) is 0 Å². The van der Waals surface area contributed by atoms with Gasteiger partial charge in [-0.3, -0.25) is 0 Å². The molecule has 1 aliphatic rings. The van der Waals surface area contributed by atoms with Crippen LogP contribution in [-0.4, -0.2) is 34.6 Å². The van der Waals surface area contributed by atoms with Gasteiger partial charge in [-0.1, -0.05) is 12.1 Å². The molecule has 2 N–H and O–H groups in total. The first-order valence-corrected chi connectivity index (χ1v) is 9.83. The lowest BCUT2D eigenvalue weighted by Gasteiger charge is -2.18. The van der Waals surface area contributed by atoms with Crippen molar-refractivity contribution >= 4 is 10.8 Å². The number of hydrogen-bond acceptors (Lipinski definition) is 4. The molecule has 0 radical (unpaired) electrons. The first-order chi connectivity index (χ1) is 12.3. The van der Waals surface area contributed by atoms with Crippen molar-refractivity contribution < 1.29 is 18.4 Å². The quantitative estimate of drug-likeness (QED) is 0.835. The molecule has 0 spiro atoms. The van der Waals surface area contributed by atoms with Gasteiger partial charge in [-0.25, -0.2) is 8.60 Å². The molecular formula is C20H26FNO3S. The second kappa shape index (κ2) is 9.80. The molecule has 0 bridgehead atoms. The summed E-state index contributed by atoms with van der Waals surface area (Å²) in [6.07, 6.45) is 2.78. The molecule has 0 aromatic heterocycles. The van der Waals surface area contributed by atoms with E-state index < -0.39 is 22.2 Å². The Morgan fingerprint density at radius 2 is 1.73 bits per heavy atom.